The van der Waals surface area contributed by atoms with Crippen molar-refractivity contribution in [3.8, 4) is 0 Å². The van der Waals surface area contributed by atoms with Crippen LogP contribution in [0.1, 0.15) is 0 Å². The summed E-state index contributed by atoms with van der Waals surface area (Å²) in [7, 11) is -5.05. The van der Waals surface area contributed by atoms with Gasteiger partial charge in [-0.15, -0.1) is 0 Å². The zero-order valence-electron chi connectivity index (χ0n) is 4.86. The Morgan fingerprint density at radius 2 is 2.10 bits per heavy atom. The van der Waals surface area contributed by atoms with Gasteiger partial charge < -0.3 is 20.1 Å². The Kier molecular flexibility index (Phi) is 6.03. The summed E-state index contributed by atoms with van der Waals surface area (Å²) in [5, 5.41) is 6.32. The molecule has 0 atom stereocenters. The summed E-state index contributed by atoms with van der Waals surface area (Å²) in [6, 6.07) is 0. The summed E-state index contributed by atoms with van der Waals surface area (Å²) in [6.45, 7) is 0. The number of hydrogen-bond acceptors (Lipinski definition) is 5. The van der Waals surface area contributed by atoms with E-state index in [1.807, 2.05) is 0 Å². The summed E-state index contributed by atoms with van der Waals surface area (Å²) in [6.07, 6.45) is 0. The number of nitrogens with two attached hydrogens (primary N) is 1. The molecular weight excluding hydrogens is 214 g/mol. The quantitative estimate of drug-likeness (QED) is 0.151. The Bertz CT molecular complexity index is 155. The number of hydrogen-bond donors (Lipinski definition) is 3. The van der Waals surface area contributed by atoms with Gasteiger partial charge in [0.25, 0.3) is 0 Å². The molecule has 0 saturated carbocycles. The molecule has 0 heterocycles. The Hall–Kier alpha value is 0.00338. The van der Waals surface area contributed by atoms with Gasteiger partial charge in [0.05, 0.1) is 7.82 Å². The first kappa shape index (κ1) is 12.7. The standard InChI is InChI=1S/CH6N3O4P.Zn/c2-1(3)4-8-9(5,6)7;/h(H4,2,3,4)(H2,5,6,7);/q;+2/p-2. The Morgan fingerprint density at radius 1 is 1.70 bits per heavy atom. The average Bonchev–Trinajstić information content (AvgIpc) is 1.59. The van der Waals surface area contributed by atoms with Gasteiger partial charge in [0.2, 0.25) is 5.96 Å². The maximum absolute atomic E-state index is 9.57. The van der Waals surface area contributed by atoms with Crippen LogP contribution in [0.5, 0.6) is 0 Å². The Morgan fingerprint density at radius 3 is 2.20 bits per heavy atom. The second-order valence-electron chi connectivity index (χ2n) is 1.05. The predicted octanol–water partition coefficient (Wildman–Crippen LogP) is -2.77. The predicted molar refractivity (Wildman–Crippen MR) is 23.7 cm³/mol. The molecule has 4 N–H and O–H groups in total. The number of nitrogens with one attached hydrogen (secondary N) is 2. The minimum absolute atomic E-state index is 0. The van der Waals surface area contributed by atoms with Crippen molar-refractivity contribution >= 4 is 13.8 Å². The molecule has 0 fully saturated rings. The summed E-state index contributed by atoms with van der Waals surface area (Å²) in [5.74, 6) is -0.748. The van der Waals surface area contributed by atoms with Crippen molar-refractivity contribution in [2.45, 2.75) is 0 Å². The molecule has 0 aromatic rings. The van der Waals surface area contributed by atoms with Crippen LogP contribution in [0, 0.1) is 5.41 Å². The van der Waals surface area contributed by atoms with Crippen molar-refractivity contribution in [2.75, 3.05) is 0 Å². The molecule has 0 amide bonds. The minimum atomic E-state index is -5.05. The molecule has 7 nitrogen and oxygen atoms in total. The van der Waals surface area contributed by atoms with Crippen molar-refractivity contribution < 1.29 is 38.5 Å². The van der Waals surface area contributed by atoms with E-state index in [9.17, 15) is 14.4 Å². The summed E-state index contributed by atoms with van der Waals surface area (Å²) < 4.78 is 12.9. The summed E-state index contributed by atoms with van der Waals surface area (Å²) in [5.41, 5.74) is 5.91. The Balaban J connectivity index is 0. The van der Waals surface area contributed by atoms with E-state index in [0.717, 1.165) is 0 Å². The van der Waals surface area contributed by atoms with Gasteiger partial charge in [0, 0.05) is 0 Å². The maximum atomic E-state index is 9.57. The van der Waals surface area contributed by atoms with Crippen LogP contribution >= 0.6 is 7.82 Å². The molecule has 0 bridgehead atoms. The third kappa shape index (κ3) is 10.9. The third-order valence-electron chi connectivity index (χ3n) is 0.267. The van der Waals surface area contributed by atoms with Crippen LogP contribution < -0.4 is 21.0 Å². The molecule has 9 heteroatoms. The fourth-order valence-corrected chi connectivity index (χ4v) is 0.315. The molecule has 0 saturated heterocycles. The molecule has 0 aromatic carbocycles. The fraction of sp³-hybridized carbons (Fsp3) is 0. The van der Waals surface area contributed by atoms with Gasteiger partial charge >= 0.3 is 19.5 Å². The van der Waals surface area contributed by atoms with Gasteiger partial charge in [-0.1, -0.05) is 0 Å². The van der Waals surface area contributed by atoms with Crippen molar-refractivity contribution in [3.63, 3.8) is 0 Å². The van der Waals surface area contributed by atoms with Crippen molar-refractivity contribution in [3.05, 3.63) is 0 Å². The molecule has 0 aliphatic carbocycles. The smallest absolute Gasteiger partial charge is 0.788 e. The van der Waals surface area contributed by atoms with Gasteiger partial charge in [0.15, 0.2) is 0 Å². The van der Waals surface area contributed by atoms with E-state index in [-0.39, 0.29) is 19.5 Å². The maximum Gasteiger partial charge on any atom is 2.00 e. The third-order valence-corrected chi connectivity index (χ3v) is 0.582. The van der Waals surface area contributed by atoms with Crippen molar-refractivity contribution in [1.82, 2.24) is 5.48 Å². The number of phosphoric acid groups is 1. The van der Waals surface area contributed by atoms with Crippen LogP contribution in [0.4, 0.5) is 0 Å². The first-order chi connectivity index (χ1) is 3.92. The molecule has 0 aliphatic rings. The molecule has 10 heavy (non-hydrogen) atoms. The second-order valence-corrected chi connectivity index (χ2v) is 2.13. The minimum Gasteiger partial charge on any atom is -0.788 e. The van der Waals surface area contributed by atoms with Crippen LogP contribution in [-0.2, 0) is 28.7 Å². The first-order valence-electron chi connectivity index (χ1n) is 1.72. The van der Waals surface area contributed by atoms with Crippen molar-refractivity contribution in [2.24, 2.45) is 5.73 Å². The molecule has 0 radical (unpaired) electrons. The number of hydroxylamine groups is 1. The zero-order valence-corrected chi connectivity index (χ0v) is 8.73. The molecule has 54 valence electrons. The normalized spacial score (nSPS) is 9.80. The van der Waals surface area contributed by atoms with E-state index in [1.54, 1.807) is 0 Å². The first-order valence-corrected chi connectivity index (χ1v) is 3.18. The van der Waals surface area contributed by atoms with E-state index >= 15 is 0 Å². The zero-order chi connectivity index (χ0) is 7.49. The monoisotopic (exact) mass is 217 g/mol. The number of guanidine groups is 1. The van der Waals surface area contributed by atoms with Crippen LogP contribution in [0.25, 0.3) is 0 Å². The van der Waals surface area contributed by atoms with Gasteiger partial charge in [0.1, 0.15) is 0 Å². The fourth-order valence-electron chi connectivity index (χ4n) is 0.105. The SMILES string of the molecule is N=C(N)NOP(=O)([O-])[O-].[Zn+2]. The topological polar surface area (TPSA) is 134 Å². The van der Waals surface area contributed by atoms with E-state index in [1.165, 1.54) is 5.48 Å². The van der Waals surface area contributed by atoms with Crippen LogP contribution in [0.15, 0.2) is 0 Å². The summed E-state index contributed by atoms with van der Waals surface area (Å²) in [4.78, 5) is 19.1. The van der Waals surface area contributed by atoms with Gasteiger partial charge in [-0.2, -0.15) is 0 Å². The van der Waals surface area contributed by atoms with Crippen LogP contribution in [-0.4, -0.2) is 5.96 Å². The van der Waals surface area contributed by atoms with E-state index in [4.69, 9.17) is 5.41 Å². The summed E-state index contributed by atoms with van der Waals surface area (Å²) >= 11 is 0. The van der Waals surface area contributed by atoms with Gasteiger partial charge in [-0.25, -0.2) is 10.1 Å². The average molecular weight is 218 g/mol. The Labute approximate surface area is 69.4 Å². The van der Waals surface area contributed by atoms with Gasteiger partial charge in [-0.05, 0) is 0 Å². The number of rotatable bonds is 2. The molecule has 0 unspecified atom stereocenters. The largest absolute Gasteiger partial charge is 2.00 e. The molecule has 0 aliphatic heterocycles. The van der Waals surface area contributed by atoms with Crippen LogP contribution in [0.2, 0.25) is 0 Å². The van der Waals surface area contributed by atoms with E-state index < -0.39 is 13.8 Å². The molecule has 0 spiro atoms. The van der Waals surface area contributed by atoms with Crippen LogP contribution in [0.3, 0.4) is 0 Å². The van der Waals surface area contributed by atoms with E-state index in [0.29, 0.717) is 0 Å². The molecule has 0 aromatic heterocycles. The second kappa shape index (κ2) is 4.76. The van der Waals surface area contributed by atoms with E-state index in [2.05, 4.69) is 10.4 Å². The molecular formula is CH4N3O4PZn. The molecule has 0 rings (SSSR count). The van der Waals surface area contributed by atoms with Crippen molar-refractivity contribution in [1.29, 1.82) is 5.41 Å². The van der Waals surface area contributed by atoms with Gasteiger partial charge in [-0.3, -0.25) is 5.41 Å².